The fourth-order valence-corrected chi connectivity index (χ4v) is 4.66. The van der Waals surface area contributed by atoms with Crippen molar-refractivity contribution in [1.29, 1.82) is 0 Å². The van der Waals surface area contributed by atoms with Gasteiger partial charge in [0.15, 0.2) is 0 Å². The van der Waals surface area contributed by atoms with Gasteiger partial charge in [0.05, 0.1) is 0 Å². The summed E-state index contributed by atoms with van der Waals surface area (Å²) in [6.45, 7) is 0.449. The molecule has 2 rings (SSSR count). The van der Waals surface area contributed by atoms with Gasteiger partial charge in [0, 0.05) is 23.7 Å². The van der Waals surface area contributed by atoms with Crippen LogP contribution in [0.1, 0.15) is 25.7 Å². The Morgan fingerprint density at radius 1 is 1.45 bits per heavy atom. The Bertz CT molecular complexity index is 579. The van der Waals surface area contributed by atoms with Crippen LogP contribution in [0.3, 0.4) is 0 Å². The normalized spacial score (nSPS) is 20.4. The fraction of sp³-hybridized carbons (Fsp3) is 0.538. The molecule has 1 aromatic rings. The minimum absolute atomic E-state index is 0.0387. The van der Waals surface area contributed by atoms with Gasteiger partial charge in [-0.2, -0.15) is 4.31 Å². The van der Waals surface area contributed by atoms with E-state index in [2.05, 4.69) is 15.9 Å². The smallest absolute Gasteiger partial charge is 0.246 e. The Morgan fingerprint density at radius 3 is 2.85 bits per heavy atom. The summed E-state index contributed by atoms with van der Waals surface area (Å²) in [7, 11) is -3.81. The summed E-state index contributed by atoms with van der Waals surface area (Å²) in [6, 6.07) is 3.83. The molecule has 1 fully saturated rings. The maximum atomic E-state index is 13.9. The Labute approximate surface area is 126 Å². The molecule has 0 spiro atoms. The summed E-state index contributed by atoms with van der Waals surface area (Å²) in [5.74, 6) is -0.743. The van der Waals surface area contributed by atoms with Gasteiger partial charge in [-0.1, -0.05) is 15.9 Å². The number of hydrogen-bond donors (Lipinski definition) is 1. The van der Waals surface area contributed by atoms with Gasteiger partial charge >= 0.3 is 0 Å². The minimum Gasteiger partial charge on any atom is -0.396 e. The molecule has 1 heterocycles. The van der Waals surface area contributed by atoms with E-state index in [9.17, 15) is 12.8 Å². The lowest BCUT2D eigenvalue weighted by Gasteiger charge is -2.24. The fourth-order valence-electron chi connectivity index (χ4n) is 2.55. The molecule has 0 amide bonds. The van der Waals surface area contributed by atoms with Gasteiger partial charge in [-0.05, 0) is 43.9 Å². The molecule has 1 unspecified atom stereocenters. The second kappa shape index (κ2) is 6.51. The van der Waals surface area contributed by atoms with Crippen molar-refractivity contribution >= 4 is 26.0 Å². The van der Waals surface area contributed by atoms with E-state index in [1.54, 1.807) is 0 Å². The molecule has 0 aliphatic carbocycles. The van der Waals surface area contributed by atoms with Crippen LogP contribution >= 0.6 is 15.9 Å². The summed E-state index contributed by atoms with van der Waals surface area (Å²) in [5.41, 5.74) is 0. The van der Waals surface area contributed by atoms with Gasteiger partial charge in [0.2, 0.25) is 10.0 Å². The third kappa shape index (κ3) is 3.21. The lowest BCUT2D eigenvalue weighted by atomic mass is 10.1. The maximum Gasteiger partial charge on any atom is 0.246 e. The van der Waals surface area contributed by atoms with Crippen LogP contribution in [0.5, 0.6) is 0 Å². The van der Waals surface area contributed by atoms with E-state index < -0.39 is 15.8 Å². The molecule has 112 valence electrons. The quantitative estimate of drug-likeness (QED) is 0.871. The lowest BCUT2D eigenvalue weighted by Crippen LogP contribution is -2.36. The first kappa shape index (κ1) is 15.9. The second-order valence-corrected chi connectivity index (χ2v) is 7.63. The summed E-state index contributed by atoms with van der Waals surface area (Å²) < 4.78 is 40.9. The number of rotatable bonds is 5. The lowest BCUT2D eigenvalue weighted by molar-refractivity contribution is 0.264. The third-order valence-electron chi connectivity index (χ3n) is 3.50. The van der Waals surface area contributed by atoms with E-state index in [1.165, 1.54) is 16.4 Å². The Kier molecular flexibility index (Phi) is 5.17. The number of halogens is 2. The van der Waals surface area contributed by atoms with Crippen LogP contribution in [0.2, 0.25) is 0 Å². The van der Waals surface area contributed by atoms with Gasteiger partial charge in [-0.25, -0.2) is 12.8 Å². The van der Waals surface area contributed by atoms with E-state index in [1.807, 2.05) is 0 Å². The SMILES string of the molecule is O=S(=O)(c1ccc(Br)cc1F)N1CCCC1CCCO. The molecule has 7 heteroatoms. The predicted octanol–water partition coefficient (Wildman–Crippen LogP) is 2.51. The first-order valence-corrected chi connectivity index (χ1v) is 8.78. The maximum absolute atomic E-state index is 13.9. The van der Waals surface area contributed by atoms with Crippen molar-refractivity contribution in [2.24, 2.45) is 0 Å². The van der Waals surface area contributed by atoms with E-state index in [-0.39, 0.29) is 17.5 Å². The molecule has 0 aromatic heterocycles. The van der Waals surface area contributed by atoms with Crippen LogP contribution in [0.25, 0.3) is 0 Å². The predicted molar refractivity (Wildman–Crippen MR) is 77.3 cm³/mol. The van der Waals surface area contributed by atoms with Gasteiger partial charge < -0.3 is 5.11 Å². The highest BCUT2D eigenvalue weighted by molar-refractivity contribution is 9.10. The summed E-state index contributed by atoms with van der Waals surface area (Å²) in [5, 5.41) is 8.87. The number of nitrogens with zero attached hydrogens (tertiary/aromatic N) is 1. The van der Waals surface area contributed by atoms with Crippen LogP contribution in [0, 0.1) is 5.82 Å². The molecular formula is C13H17BrFNO3S. The van der Waals surface area contributed by atoms with Gasteiger partial charge in [0.25, 0.3) is 0 Å². The molecule has 1 aliphatic heterocycles. The highest BCUT2D eigenvalue weighted by atomic mass is 79.9. The second-order valence-electron chi connectivity index (χ2n) is 4.85. The third-order valence-corrected chi connectivity index (χ3v) is 5.98. The highest BCUT2D eigenvalue weighted by Crippen LogP contribution is 2.30. The number of aliphatic hydroxyl groups excluding tert-OH is 1. The molecule has 0 radical (unpaired) electrons. The van der Waals surface area contributed by atoms with E-state index >= 15 is 0 Å². The molecule has 1 aromatic carbocycles. The first-order valence-electron chi connectivity index (χ1n) is 6.54. The molecule has 20 heavy (non-hydrogen) atoms. The van der Waals surface area contributed by atoms with Crippen molar-refractivity contribution in [3.05, 3.63) is 28.5 Å². The van der Waals surface area contributed by atoms with Crippen molar-refractivity contribution < 1.29 is 17.9 Å². The van der Waals surface area contributed by atoms with Crippen LogP contribution in [0.4, 0.5) is 4.39 Å². The van der Waals surface area contributed by atoms with Crippen molar-refractivity contribution in [3.8, 4) is 0 Å². The van der Waals surface area contributed by atoms with Gasteiger partial charge in [-0.3, -0.25) is 0 Å². The van der Waals surface area contributed by atoms with Crippen LogP contribution in [0.15, 0.2) is 27.6 Å². The zero-order valence-corrected chi connectivity index (χ0v) is 13.3. The molecule has 0 saturated carbocycles. The molecule has 0 bridgehead atoms. The summed E-state index contributed by atoms with van der Waals surface area (Å²) >= 11 is 3.12. The van der Waals surface area contributed by atoms with E-state index in [4.69, 9.17) is 5.11 Å². The number of hydrogen-bond acceptors (Lipinski definition) is 3. The number of benzene rings is 1. The number of sulfonamides is 1. The van der Waals surface area contributed by atoms with Crippen LogP contribution in [-0.2, 0) is 10.0 Å². The molecule has 1 saturated heterocycles. The average Bonchev–Trinajstić information content (AvgIpc) is 2.84. The number of aliphatic hydroxyl groups is 1. The van der Waals surface area contributed by atoms with Crippen molar-refractivity contribution in [3.63, 3.8) is 0 Å². The highest BCUT2D eigenvalue weighted by Gasteiger charge is 2.36. The zero-order chi connectivity index (χ0) is 14.8. The Morgan fingerprint density at radius 2 is 2.20 bits per heavy atom. The first-order chi connectivity index (χ1) is 9.46. The minimum atomic E-state index is -3.81. The molecule has 1 aliphatic rings. The monoisotopic (exact) mass is 365 g/mol. The molecular weight excluding hydrogens is 349 g/mol. The Balaban J connectivity index is 2.29. The molecule has 1 N–H and O–H groups in total. The standard InChI is InChI=1S/C13H17BrFNO3S/c14-10-5-6-13(12(15)9-10)20(18,19)16-7-1-3-11(16)4-2-8-17/h5-6,9,11,17H,1-4,7-8H2. The van der Waals surface area contributed by atoms with Crippen molar-refractivity contribution in [2.75, 3.05) is 13.2 Å². The summed E-state index contributed by atoms with van der Waals surface area (Å²) in [4.78, 5) is -0.281. The van der Waals surface area contributed by atoms with Gasteiger partial charge in [0.1, 0.15) is 10.7 Å². The average molecular weight is 366 g/mol. The largest absolute Gasteiger partial charge is 0.396 e. The molecule has 4 nitrogen and oxygen atoms in total. The zero-order valence-electron chi connectivity index (χ0n) is 10.9. The van der Waals surface area contributed by atoms with Crippen molar-refractivity contribution in [1.82, 2.24) is 4.31 Å². The summed E-state index contributed by atoms with van der Waals surface area (Å²) in [6.07, 6.45) is 2.69. The van der Waals surface area contributed by atoms with Crippen molar-refractivity contribution in [2.45, 2.75) is 36.6 Å². The van der Waals surface area contributed by atoms with Crippen LogP contribution in [-0.4, -0.2) is 37.0 Å². The topological polar surface area (TPSA) is 57.6 Å². The Hall–Kier alpha value is -0.500. The van der Waals surface area contributed by atoms with E-state index in [0.717, 1.165) is 18.9 Å². The molecule has 1 atom stereocenters. The van der Waals surface area contributed by atoms with Gasteiger partial charge in [-0.15, -0.1) is 0 Å². The van der Waals surface area contributed by atoms with Crippen LogP contribution < -0.4 is 0 Å². The van der Waals surface area contributed by atoms with E-state index in [0.29, 0.717) is 23.9 Å².